The summed E-state index contributed by atoms with van der Waals surface area (Å²) in [5, 5.41) is 5.75. The highest BCUT2D eigenvalue weighted by Gasteiger charge is 2.13. The van der Waals surface area contributed by atoms with Crippen LogP contribution in [0.3, 0.4) is 0 Å². The largest absolute Gasteiger partial charge is 0.488 e. The van der Waals surface area contributed by atoms with Gasteiger partial charge in [-0.25, -0.2) is 0 Å². The zero-order chi connectivity index (χ0) is 14.5. The van der Waals surface area contributed by atoms with Crippen molar-refractivity contribution in [3.63, 3.8) is 0 Å². The third-order valence-electron chi connectivity index (χ3n) is 2.52. The van der Waals surface area contributed by atoms with E-state index >= 15 is 0 Å². The van der Waals surface area contributed by atoms with Crippen molar-refractivity contribution >= 4 is 5.91 Å². The van der Waals surface area contributed by atoms with Crippen LogP contribution in [0, 0.1) is 0 Å². The molecule has 2 N–H and O–H groups in total. The van der Waals surface area contributed by atoms with Crippen LogP contribution in [0.4, 0.5) is 0 Å². The normalized spacial score (nSPS) is 12.9. The number of hydrogen-bond acceptors (Lipinski definition) is 3. The minimum Gasteiger partial charge on any atom is -0.488 e. The lowest BCUT2D eigenvalue weighted by Crippen LogP contribution is -2.33. The summed E-state index contributed by atoms with van der Waals surface area (Å²) in [5.41, 5.74) is 0.861. The Hall–Kier alpha value is -1.55. The van der Waals surface area contributed by atoms with Crippen molar-refractivity contribution in [2.45, 2.75) is 39.3 Å². The Morgan fingerprint density at radius 3 is 2.32 bits per heavy atom. The number of carbonyl (C=O) groups excluding carboxylic acids is 1. The van der Waals surface area contributed by atoms with Crippen molar-refractivity contribution in [3.8, 4) is 5.75 Å². The number of hydrogen-bond donors (Lipinski definition) is 2. The van der Waals surface area contributed by atoms with Crippen molar-refractivity contribution in [1.82, 2.24) is 10.6 Å². The molecule has 1 atom stereocenters. The van der Waals surface area contributed by atoms with Crippen LogP contribution in [0.1, 0.15) is 39.3 Å². The molecular weight excluding hydrogens is 240 g/mol. The summed E-state index contributed by atoms with van der Waals surface area (Å²) in [5.74, 6) is 0.829. The van der Waals surface area contributed by atoms with Gasteiger partial charge in [0.15, 0.2) is 0 Å². The van der Waals surface area contributed by atoms with Crippen LogP contribution in [-0.4, -0.2) is 25.1 Å². The molecule has 0 saturated carbocycles. The lowest BCUT2D eigenvalue weighted by molar-refractivity contribution is -0.120. The van der Waals surface area contributed by atoms with Crippen molar-refractivity contribution in [3.05, 3.63) is 29.8 Å². The van der Waals surface area contributed by atoms with Gasteiger partial charge in [-0.2, -0.15) is 0 Å². The number of rotatable bonds is 5. The number of nitrogens with one attached hydrogen (secondary N) is 2. The second kappa shape index (κ2) is 6.57. The molecule has 1 rings (SSSR count). The average molecular weight is 264 g/mol. The predicted octanol–water partition coefficient (Wildman–Crippen LogP) is 2.26. The van der Waals surface area contributed by atoms with E-state index in [4.69, 9.17) is 4.74 Å². The topological polar surface area (TPSA) is 50.4 Å². The monoisotopic (exact) mass is 264 g/mol. The summed E-state index contributed by atoms with van der Waals surface area (Å²) in [4.78, 5) is 11.5. The Bertz CT molecular complexity index is 407. The zero-order valence-electron chi connectivity index (χ0n) is 12.4. The second-order valence-corrected chi connectivity index (χ2v) is 5.60. The fraction of sp³-hybridized carbons (Fsp3) is 0.533. The molecule has 0 bridgehead atoms. The Morgan fingerprint density at radius 1 is 1.26 bits per heavy atom. The van der Waals surface area contributed by atoms with Crippen LogP contribution < -0.4 is 15.4 Å². The average Bonchev–Trinajstić information content (AvgIpc) is 2.27. The van der Waals surface area contributed by atoms with Gasteiger partial charge in [0, 0.05) is 0 Å². The van der Waals surface area contributed by atoms with Gasteiger partial charge in [0.2, 0.25) is 5.91 Å². The van der Waals surface area contributed by atoms with Crippen molar-refractivity contribution in [2.75, 3.05) is 13.6 Å². The summed E-state index contributed by atoms with van der Waals surface area (Å²) in [6.07, 6.45) is 0. The highest BCUT2D eigenvalue weighted by molar-refractivity contribution is 5.78. The number of amides is 1. The van der Waals surface area contributed by atoms with Crippen molar-refractivity contribution in [2.24, 2.45) is 0 Å². The molecule has 4 heteroatoms. The van der Waals surface area contributed by atoms with E-state index in [1.807, 2.05) is 52.0 Å². The van der Waals surface area contributed by atoms with Gasteiger partial charge in [0.05, 0.1) is 12.6 Å². The van der Waals surface area contributed by atoms with E-state index in [1.165, 1.54) is 0 Å². The first-order valence-corrected chi connectivity index (χ1v) is 6.55. The smallest absolute Gasteiger partial charge is 0.234 e. The first-order valence-electron chi connectivity index (χ1n) is 6.55. The van der Waals surface area contributed by atoms with Gasteiger partial charge in [-0.15, -0.1) is 0 Å². The molecular formula is C15H24N2O2. The molecule has 0 saturated heterocycles. The van der Waals surface area contributed by atoms with Crippen molar-refractivity contribution < 1.29 is 9.53 Å². The predicted molar refractivity (Wildman–Crippen MR) is 77.3 cm³/mol. The van der Waals surface area contributed by atoms with Crippen LogP contribution in [0.25, 0.3) is 0 Å². The molecule has 1 unspecified atom stereocenters. The molecule has 0 spiro atoms. The molecule has 1 aromatic rings. The van der Waals surface area contributed by atoms with Gasteiger partial charge >= 0.3 is 0 Å². The minimum absolute atomic E-state index is 0.00924. The fourth-order valence-corrected chi connectivity index (χ4v) is 1.71. The highest BCUT2D eigenvalue weighted by Crippen LogP contribution is 2.21. The number of benzene rings is 1. The summed E-state index contributed by atoms with van der Waals surface area (Å²) in [6.45, 7) is 8.34. The zero-order valence-corrected chi connectivity index (χ0v) is 12.4. The van der Waals surface area contributed by atoms with Gasteiger partial charge in [-0.1, -0.05) is 12.1 Å². The molecule has 4 nitrogen and oxygen atoms in total. The Labute approximate surface area is 115 Å². The van der Waals surface area contributed by atoms with Crippen LogP contribution in [0.2, 0.25) is 0 Å². The number of carbonyl (C=O) groups is 1. The second-order valence-electron chi connectivity index (χ2n) is 5.60. The molecule has 106 valence electrons. The third-order valence-corrected chi connectivity index (χ3v) is 2.52. The molecule has 1 aromatic carbocycles. The molecule has 0 radical (unpaired) electrons. The van der Waals surface area contributed by atoms with Gasteiger partial charge in [-0.3, -0.25) is 4.79 Å². The molecule has 0 aromatic heterocycles. The molecule has 0 fully saturated rings. The van der Waals surface area contributed by atoms with E-state index in [0.717, 1.165) is 11.3 Å². The number of likely N-dealkylation sites (N-methyl/N-ethyl adjacent to an activating group) is 1. The number of ether oxygens (including phenoxy) is 1. The van der Waals surface area contributed by atoms with Gasteiger partial charge in [0.1, 0.15) is 11.4 Å². The standard InChI is InChI=1S/C15H24N2O2/c1-11(17-14(18)10-16-5)12-6-8-13(9-7-12)19-15(2,3)4/h6-9,11,16H,10H2,1-5H3,(H,17,18). The third kappa shape index (κ3) is 5.75. The molecule has 0 heterocycles. The summed E-state index contributed by atoms with van der Waals surface area (Å²) in [6, 6.07) is 7.81. The van der Waals surface area contributed by atoms with E-state index in [-0.39, 0.29) is 17.6 Å². The lowest BCUT2D eigenvalue weighted by atomic mass is 10.1. The lowest BCUT2D eigenvalue weighted by Gasteiger charge is -2.22. The van der Waals surface area contributed by atoms with Crippen LogP contribution in [-0.2, 0) is 4.79 Å². The molecule has 19 heavy (non-hydrogen) atoms. The van der Waals surface area contributed by atoms with Gasteiger partial charge in [0.25, 0.3) is 0 Å². The maximum Gasteiger partial charge on any atom is 0.234 e. The molecule has 0 aliphatic rings. The molecule has 0 aliphatic carbocycles. The maximum absolute atomic E-state index is 11.5. The van der Waals surface area contributed by atoms with E-state index in [9.17, 15) is 4.79 Å². The van der Waals surface area contributed by atoms with Crippen LogP contribution in [0.5, 0.6) is 5.75 Å². The van der Waals surface area contributed by atoms with E-state index in [0.29, 0.717) is 6.54 Å². The quantitative estimate of drug-likeness (QED) is 0.857. The fourth-order valence-electron chi connectivity index (χ4n) is 1.71. The summed E-state index contributed by atoms with van der Waals surface area (Å²) >= 11 is 0. The van der Waals surface area contributed by atoms with Gasteiger partial charge < -0.3 is 15.4 Å². The van der Waals surface area contributed by atoms with Crippen LogP contribution in [0.15, 0.2) is 24.3 Å². The maximum atomic E-state index is 11.5. The Kier molecular flexibility index (Phi) is 5.36. The Balaban J connectivity index is 2.63. The highest BCUT2D eigenvalue weighted by atomic mass is 16.5. The van der Waals surface area contributed by atoms with E-state index < -0.39 is 0 Å². The SMILES string of the molecule is CNCC(=O)NC(C)c1ccc(OC(C)(C)C)cc1. The molecule has 1 amide bonds. The summed E-state index contributed by atoms with van der Waals surface area (Å²) < 4.78 is 5.76. The molecule has 0 aliphatic heterocycles. The van der Waals surface area contributed by atoms with Gasteiger partial charge in [-0.05, 0) is 52.4 Å². The summed E-state index contributed by atoms with van der Waals surface area (Å²) in [7, 11) is 1.75. The first kappa shape index (κ1) is 15.5. The van der Waals surface area contributed by atoms with Crippen molar-refractivity contribution in [1.29, 1.82) is 0 Å². The van der Waals surface area contributed by atoms with Crippen LogP contribution >= 0.6 is 0 Å². The first-order chi connectivity index (χ1) is 8.81. The minimum atomic E-state index is -0.200. The Morgan fingerprint density at radius 2 is 1.84 bits per heavy atom. The van der Waals surface area contributed by atoms with E-state index in [2.05, 4.69) is 10.6 Å². The van der Waals surface area contributed by atoms with E-state index in [1.54, 1.807) is 7.05 Å².